The zero-order valence-electron chi connectivity index (χ0n) is 11.5. The highest BCUT2D eigenvalue weighted by Gasteiger charge is 2.22. The summed E-state index contributed by atoms with van der Waals surface area (Å²) in [5.41, 5.74) is 1.38. The molecule has 0 radical (unpaired) electrons. The summed E-state index contributed by atoms with van der Waals surface area (Å²) >= 11 is 5.54. The number of carbonyl (C=O) groups excluding carboxylic acids is 2. The zero-order valence-corrected chi connectivity index (χ0v) is 12.3. The van der Waals surface area contributed by atoms with Crippen LogP contribution in [-0.4, -0.2) is 17.6 Å². The van der Waals surface area contributed by atoms with Gasteiger partial charge in [-0.3, -0.25) is 9.59 Å². The van der Waals surface area contributed by atoms with Crippen LogP contribution in [-0.2, 0) is 4.79 Å². The van der Waals surface area contributed by atoms with E-state index in [4.69, 9.17) is 16.0 Å². The van der Waals surface area contributed by atoms with Crippen LogP contribution in [0.15, 0.2) is 59.0 Å². The largest absolute Gasteiger partial charge is 0.450 e. The second kappa shape index (κ2) is 6.03. The molecule has 1 aromatic heterocycles. The molecule has 0 fully saturated rings. The Morgan fingerprint density at radius 2 is 1.68 bits per heavy atom. The van der Waals surface area contributed by atoms with Gasteiger partial charge in [0.2, 0.25) is 11.7 Å². The summed E-state index contributed by atoms with van der Waals surface area (Å²) in [6.45, 7) is 0. The minimum absolute atomic E-state index is 0.103. The summed E-state index contributed by atoms with van der Waals surface area (Å²) in [5, 5.41) is 3.32. The van der Waals surface area contributed by atoms with Crippen molar-refractivity contribution in [2.75, 3.05) is 11.2 Å². The van der Waals surface area contributed by atoms with Crippen LogP contribution in [0.3, 0.4) is 0 Å². The normalized spacial score (nSPS) is 10.6. The van der Waals surface area contributed by atoms with Crippen LogP contribution in [0.4, 0.5) is 5.69 Å². The first-order chi connectivity index (χ1) is 10.7. The third kappa shape index (κ3) is 2.61. The van der Waals surface area contributed by atoms with Crippen molar-refractivity contribution in [2.24, 2.45) is 0 Å². The van der Waals surface area contributed by atoms with E-state index in [1.54, 1.807) is 42.5 Å². The highest BCUT2D eigenvalue weighted by molar-refractivity contribution is 6.30. The van der Waals surface area contributed by atoms with Gasteiger partial charge in [-0.05, 0) is 12.1 Å². The number of hydrogen-bond donors (Lipinski definition) is 1. The Morgan fingerprint density at radius 1 is 1.00 bits per heavy atom. The molecule has 22 heavy (non-hydrogen) atoms. The van der Waals surface area contributed by atoms with E-state index in [1.807, 2.05) is 12.1 Å². The van der Waals surface area contributed by atoms with Gasteiger partial charge in [0, 0.05) is 10.9 Å². The standard InChI is InChI=1S/C17H12ClNO3/c18-10-14(20)19-15-12-8-4-5-9-13(12)22-17(15)16(21)11-6-2-1-3-7-11/h1-9H,10H2,(H,19,20). The number of anilines is 1. The van der Waals surface area contributed by atoms with Crippen molar-refractivity contribution >= 4 is 39.9 Å². The second-order valence-corrected chi connectivity index (χ2v) is 4.95. The number of amides is 1. The Morgan fingerprint density at radius 3 is 2.41 bits per heavy atom. The number of halogens is 1. The maximum Gasteiger partial charge on any atom is 0.239 e. The fraction of sp³-hybridized carbons (Fsp3) is 0.0588. The zero-order chi connectivity index (χ0) is 15.5. The van der Waals surface area contributed by atoms with Crippen molar-refractivity contribution in [1.29, 1.82) is 0 Å². The van der Waals surface area contributed by atoms with Gasteiger partial charge >= 0.3 is 0 Å². The van der Waals surface area contributed by atoms with Crippen LogP contribution < -0.4 is 5.32 Å². The quantitative estimate of drug-likeness (QED) is 0.588. The average Bonchev–Trinajstić information content (AvgIpc) is 2.93. The highest BCUT2D eigenvalue weighted by Crippen LogP contribution is 2.32. The summed E-state index contributed by atoms with van der Waals surface area (Å²) < 4.78 is 5.65. The lowest BCUT2D eigenvalue weighted by Gasteiger charge is -2.04. The number of carbonyl (C=O) groups is 2. The summed E-state index contributed by atoms with van der Waals surface area (Å²) in [6.07, 6.45) is 0. The van der Waals surface area contributed by atoms with E-state index in [0.29, 0.717) is 22.2 Å². The first kappa shape index (κ1) is 14.4. The molecule has 0 unspecified atom stereocenters. The van der Waals surface area contributed by atoms with E-state index in [9.17, 15) is 9.59 Å². The molecule has 1 heterocycles. The SMILES string of the molecule is O=C(CCl)Nc1c(C(=O)c2ccccc2)oc2ccccc12. The molecule has 110 valence electrons. The first-order valence-electron chi connectivity index (χ1n) is 6.68. The number of hydrogen-bond acceptors (Lipinski definition) is 3. The van der Waals surface area contributed by atoms with E-state index < -0.39 is 5.91 Å². The maximum atomic E-state index is 12.6. The molecule has 0 saturated heterocycles. The van der Waals surface area contributed by atoms with E-state index in [2.05, 4.69) is 5.32 Å². The average molecular weight is 314 g/mol. The van der Waals surface area contributed by atoms with Crippen molar-refractivity contribution in [3.63, 3.8) is 0 Å². The molecule has 0 aliphatic heterocycles. The molecule has 0 atom stereocenters. The van der Waals surface area contributed by atoms with Crippen molar-refractivity contribution < 1.29 is 14.0 Å². The van der Waals surface area contributed by atoms with Crippen molar-refractivity contribution in [1.82, 2.24) is 0 Å². The summed E-state index contributed by atoms with van der Waals surface area (Å²) in [6, 6.07) is 15.9. The van der Waals surface area contributed by atoms with Crippen LogP contribution in [0.5, 0.6) is 0 Å². The second-order valence-electron chi connectivity index (χ2n) is 4.68. The topological polar surface area (TPSA) is 59.3 Å². The van der Waals surface area contributed by atoms with Gasteiger partial charge in [-0.15, -0.1) is 11.6 Å². The Hall–Kier alpha value is -2.59. The monoisotopic (exact) mass is 313 g/mol. The Labute approximate surface area is 131 Å². The molecule has 0 aliphatic carbocycles. The fourth-order valence-corrected chi connectivity index (χ4v) is 2.29. The van der Waals surface area contributed by atoms with Crippen molar-refractivity contribution in [3.8, 4) is 0 Å². The Bertz CT molecular complexity index is 839. The molecule has 1 amide bonds. The number of para-hydroxylation sites is 1. The van der Waals surface area contributed by atoms with Gasteiger partial charge in [-0.2, -0.15) is 0 Å². The van der Waals surface area contributed by atoms with E-state index >= 15 is 0 Å². The lowest BCUT2D eigenvalue weighted by Crippen LogP contribution is -2.15. The van der Waals surface area contributed by atoms with E-state index in [0.717, 1.165) is 0 Å². The van der Waals surface area contributed by atoms with Crippen LogP contribution >= 0.6 is 11.6 Å². The van der Waals surface area contributed by atoms with Crippen LogP contribution in [0, 0.1) is 0 Å². The third-order valence-corrected chi connectivity index (χ3v) is 3.47. The summed E-state index contributed by atoms with van der Waals surface area (Å²) in [5.74, 6) is -0.777. The number of nitrogens with one attached hydrogen (secondary N) is 1. The predicted octanol–water partition coefficient (Wildman–Crippen LogP) is 3.84. The molecule has 2 aromatic carbocycles. The summed E-state index contributed by atoms with van der Waals surface area (Å²) in [4.78, 5) is 24.3. The molecule has 0 aliphatic rings. The molecule has 0 bridgehead atoms. The number of alkyl halides is 1. The van der Waals surface area contributed by atoms with Crippen LogP contribution in [0.1, 0.15) is 16.1 Å². The molecule has 0 spiro atoms. The Kier molecular flexibility index (Phi) is 3.94. The number of fused-ring (bicyclic) bond motifs is 1. The van der Waals surface area contributed by atoms with Gasteiger partial charge in [0.05, 0.1) is 5.69 Å². The fourth-order valence-electron chi connectivity index (χ4n) is 2.22. The number of ketones is 1. The minimum Gasteiger partial charge on any atom is -0.450 e. The molecule has 4 nitrogen and oxygen atoms in total. The molecule has 5 heteroatoms. The van der Waals surface area contributed by atoms with E-state index in [1.165, 1.54) is 0 Å². The van der Waals surface area contributed by atoms with Crippen molar-refractivity contribution in [3.05, 3.63) is 65.9 Å². The lowest BCUT2D eigenvalue weighted by atomic mass is 10.1. The van der Waals surface area contributed by atoms with Crippen molar-refractivity contribution in [2.45, 2.75) is 0 Å². The van der Waals surface area contributed by atoms with Gasteiger partial charge in [0.15, 0.2) is 5.76 Å². The Balaban J connectivity index is 2.14. The molecule has 3 rings (SSSR count). The molecular weight excluding hydrogens is 302 g/mol. The number of rotatable bonds is 4. The van der Waals surface area contributed by atoms with Gasteiger partial charge in [-0.1, -0.05) is 42.5 Å². The van der Waals surface area contributed by atoms with Gasteiger partial charge in [-0.25, -0.2) is 0 Å². The van der Waals surface area contributed by atoms with Crippen LogP contribution in [0.25, 0.3) is 11.0 Å². The molecule has 3 aromatic rings. The van der Waals surface area contributed by atoms with Gasteiger partial charge in [0.1, 0.15) is 11.5 Å². The predicted molar refractivity (Wildman–Crippen MR) is 85.4 cm³/mol. The van der Waals surface area contributed by atoms with Gasteiger partial charge < -0.3 is 9.73 Å². The first-order valence-corrected chi connectivity index (χ1v) is 7.21. The van der Waals surface area contributed by atoms with Gasteiger partial charge in [0.25, 0.3) is 0 Å². The highest BCUT2D eigenvalue weighted by atomic mass is 35.5. The minimum atomic E-state index is -0.393. The summed E-state index contributed by atoms with van der Waals surface area (Å²) in [7, 11) is 0. The van der Waals surface area contributed by atoms with E-state index in [-0.39, 0.29) is 17.4 Å². The molecule has 0 saturated carbocycles. The number of furan rings is 1. The maximum absolute atomic E-state index is 12.6. The smallest absolute Gasteiger partial charge is 0.239 e. The molecular formula is C17H12ClNO3. The lowest BCUT2D eigenvalue weighted by molar-refractivity contribution is -0.113. The number of benzene rings is 2. The van der Waals surface area contributed by atoms with Crippen LogP contribution in [0.2, 0.25) is 0 Å². The third-order valence-electron chi connectivity index (χ3n) is 3.22. The molecule has 1 N–H and O–H groups in total.